The van der Waals surface area contributed by atoms with Gasteiger partial charge in [-0.2, -0.15) is 13.2 Å². The molecule has 1 aliphatic rings. The summed E-state index contributed by atoms with van der Waals surface area (Å²) in [4.78, 5) is 24.5. The molecule has 2 N–H and O–H groups in total. The molecule has 0 aliphatic heterocycles. The Morgan fingerprint density at radius 2 is 1.59 bits per heavy atom. The van der Waals surface area contributed by atoms with E-state index in [4.69, 9.17) is 11.6 Å². The number of hydrogen-bond acceptors (Lipinski definition) is 2. The fourth-order valence-corrected chi connectivity index (χ4v) is 2.88. The van der Waals surface area contributed by atoms with Crippen molar-refractivity contribution in [3.05, 3.63) is 58.6 Å². The van der Waals surface area contributed by atoms with Crippen LogP contribution in [-0.2, 0) is 15.8 Å². The highest BCUT2D eigenvalue weighted by Crippen LogP contribution is 2.40. The SMILES string of the molecule is Cc1ccc(Cl)cc1NC(=O)C1CC1C(=O)Nc1ccc(C(F)(F)F)cc1. The van der Waals surface area contributed by atoms with Crippen molar-refractivity contribution in [1.82, 2.24) is 0 Å². The largest absolute Gasteiger partial charge is 0.416 e. The van der Waals surface area contributed by atoms with Gasteiger partial charge in [0.1, 0.15) is 0 Å². The van der Waals surface area contributed by atoms with Crippen molar-refractivity contribution in [2.45, 2.75) is 19.5 Å². The van der Waals surface area contributed by atoms with Crippen molar-refractivity contribution < 1.29 is 22.8 Å². The minimum absolute atomic E-state index is 0.254. The Bertz CT molecular complexity index is 882. The Kier molecular flexibility index (Phi) is 5.15. The van der Waals surface area contributed by atoms with E-state index in [0.717, 1.165) is 17.7 Å². The van der Waals surface area contributed by atoms with Gasteiger partial charge in [-0.3, -0.25) is 9.59 Å². The normalized spacial score (nSPS) is 18.7. The molecule has 0 heterocycles. The number of halogens is 4. The first-order chi connectivity index (χ1) is 12.6. The van der Waals surface area contributed by atoms with Crippen molar-refractivity contribution in [1.29, 1.82) is 0 Å². The molecule has 2 amide bonds. The quantitative estimate of drug-likeness (QED) is 0.773. The fraction of sp³-hybridized carbons (Fsp3) is 0.263. The van der Waals surface area contributed by atoms with E-state index in [1.807, 2.05) is 6.92 Å². The van der Waals surface area contributed by atoms with Crippen molar-refractivity contribution >= 4 is 34.8 Å². The molecule has 3 rings (SSSR count). The van der Waals surface area contributed by atoms with Crippen LogP contribution in [0.25, 0.3) is 0 Å². The topological polar surface area (TPSA) is 58.2 Å². The molecule has 0 spiro atoms. The first-order valence-corrected chi connectivity index (χ1v) is 8.58. The van der Waals surface area contributed by atoms with Crippen LogP contribution < -0.4 is 10.6 Å². The zero-order valence-electron chi connectivity index (χ0n) is 14.2. The third kappa shape index (κ3) is 4.60. The molecule has 1 fully saturated rings. The molecule has 0 bridgehead atoms. The number of carbonyl (C=O) groups excluding carboxylic acids is 2. The van der Waals surface area contributed by atoms with E-state index in [-0.39, 0.29) is 11.6 Å². The number of hydrogen-bond donors (Lipinski definition) is 2. The number of anilines is 2. The molecule has 0 radical (unpaired) electrons. The van der Waals surface area contributed by atoms with Crippen LogP contribution in [0.1, 0.15) is 17.5 Å². The molecule has 8 heteroatoms. The number of aryl methyl sites for hydroxylation is 1. The summed E-state index contributed by atoms with van der Waals surface area (Å²) in [6.45, 7) is 1.83. The third-order valence-corrected chi connectivity index (χ3v) is 4.64. The number of nitrogens with one attached hydrogen (secondary N) is 2. The predicted octanol–water partition coefficient (Wildman–Crippen LogP) is 4.88. The van der Waals surface area contributed by atoms with E-state index in [1.165, 1.54) is 12.1 Å². The maximum absolute atomic E-state index is 12.6. The summed E-state index contributed by atoms with van der Waals surface area (Å²) >= 11 is 5.92. The Morgan fingerprint density at radius 1 is 1.00 bits per heavy atom. The van der Waals surface area contributed by atoms with Gasteiger partial charge in [0.15, 0.2) is 0 Å². The van der Waals surface area contributed by atoms with Crippen LogP contribution in [0.4, 0.5) is 24.5 Å². The van der Waals surface area contributed by atoms with Crippen LogP contribution in [0.15, 0.2) is 42.5 Å². The summed E-state index contributed by atoms with van der Waals surface area (Å²) in [6.07, 6.45) is -4.04. The number of amides is 2. The van der Waals surface area contributed by atoms with Crippen LogP contribution in [0, 0.1) is 18.8 Å². The zero-order chi connectivity index (χ0) is 19.8. The molecule has 1 aliphatic carbocycles. The second-order valence-electron chi connectivity index (χ2n) is 6.46. The van der Waals surface area contributed by atoms with Crippen LogP contribution >= 0.6 is 11.6 Å². The van der Waals surface area contributed by atoms with E-state index in [1.54, 1.807) is 18.2 Å². The van der Waals surface area contributed by atoms with Crippen molar-refractivity contribution in [2.24, 2.45) is 11.8 Å². The smallest absolute Gasteiger partial charge is 0.326 e. The van der Waals surface area contributed by atoms with Gasteiger partial charge in [-0.1, -0.05) is 17.7 Å². The van der Waals surface area contributed by atoms with Crippen LogP contribution in [0.3, 0.4) is 0 Å². The third-order valence-electron chi connectivity index (χ3n) is 4.40. The van der Waals surface area contributed by atoms with E-state index in [2.05, 4.69) is 10.6 Å². The van der Waals surface area contributed by atoms with Crippen molar-refractivity contribution in [2.75, 3.05) is 10.6 Å². The minimum Gasteiger partial charge on any atom is -0.326 e. The molecule has 0 saturated heterocycles. The van der Waals surface area contributed by atoms with Gasteiger partial charge in [0, 0.05) is 16.4 Å². The number of carbonyl (C=O) groups is 2. The standard InChI is InChI=1S/C19H16ClF3N2O2/c1-10-2-5-12(20)8-16(10)25-18(27)15-9-14(15)17(26)24-13-6-3-11(4-7-13)19(21,22)23/h2-8,14-15H,9H2,1H3,(H,24,26)(H,25,27). The van der Waals surface area contributed by atoms with E-state index in [9.17, 15) is 22.8 Å². The molecule has 4 nitrogen and oxygen atoms in total. The summed E-state index contributed by atoms with van der Waals surface area (Å²) in [5.41, 5.74) is 0.895. The molecule has 27 heavy (non-hydrogen) atoms. The van der Waals surface area contributed by atoms with Gasteiger partial charge in [-0.05, 0) is 55.3 Å². The van der Waals surface area contributed by atoms with Gasteiger partial charge in [-0.15, -0.1) is 0 Å². The summed E-state index contributed by atoms with van der Waals surface area (Å²) in [6, 6.07) is 9.29. The molecule has 1 saturated carbocycles. The van der Waals surface area contributed by atoms with Crippen molar-refractivity contribution in [3.63, 3.8) is 0 Å². The molecule has 2 aromatic carbocycles. The number of rotatable bonds is 4. The first-order valence-electron chi connectivity index (χ1n) is 8.20. The molecular weight excluding hydrogens is 381 g/mol. The second-order valence-corrected chi connectivity index (χ2v) is 6.90. The average molecular weight is 397 g/mol. The highest BCUT2D eigenvalue weighted by atomic mass is 35.5. The van der Waals surface area contributed by atoms with Gasteiger partial charge in [0.05, 0.1) is 17.4 Å². The van der Waals surface area contributed by atoms with Crippen LogP contribution in [0.2, 0.25) is 5.02 Å². The number of alkyl halides is 3. The highest BCUT2D eigenvalue weighted by Gasteiger charge is 2.48. The van der Waals surface area contributed by atoms with Gasteiger partial charge < -0.3 is 10.6 Å². The Hall–Kier alpha value is -2.54. The lowest BCUT2D eigenvalue weighted by atomic mass is 10.2. The van der Waals surface area contributed by atoms with Crippen LogP contribution in [-0.4, -0.2) is 11.8 Å². The molecule has 2 unspecified atom stereocenters. The second kappa shape index (κ2) is 7.23. The lowest BCUT2D eigenvalue weighted by molar-refractivity contribution is -0.137. The lowest BCUT2D eigenvalue weighted by Crippen LogP contribution is -2.21. The summed E-state index contributed by atoms with van der Waals surface area (Å²) < 4.78 is 37.7. The van der Waals surface area contributed by atoms with E-state index >= 15 is 0 Å². The Labute approximate surface area is 158 Å². The summed E-state index contributed by atoms with van der Waals surface area (Å²) in [5, 5.41) is 5.79. The highest BCUT2D eigenvalue weighted by molar-refractivity contribution is 6.31. The van der Waals surface area contributed by atoms with Gasteiger partial charge in [-0.25, -0.2) is 0 Å². The number of benzene rings is 2. The molecule has 2 atom stereocenters. The van der Waals surface area contributed by atoms with Crippen LogP contribution in [0.5, 0.6) is 0 Å². The zero-order valence-corrected chi connectivity index (χ0v) is 15.0. The molecule has 2 aromatic rings. The van der Waals surface area contributed by atoms with Crippen molar-refractivity contribution in [3.8, 4) is 0 Å². The maximum atomic E-state index is 12.6. The first kappa shape index (κ1) is 19.2. The van der Waals surface area contributed by atoms with Gasteiger partial charge in [0.2, 0.25) is 11.8 Å². The Balaban J connectivity index is 1.57. The fourth-order valence-electron chi connectivity index (χ4n) is 2.71. The monoisotopic (exact) mass is 396 g/mol. The average Bonchev–Trinajstić information content (AvgIpc) is 3.39. The minimum atomic E-state index is -4.43. The Morgan fingerprint density at radius 3 is 2.19 bits per heavy atom. The summed E-state index contributed by atoms with van der Waals surface area (Å²) in [7, 11) is 0. The lowest BCUT2D eigenvalue weighted by Gasteiger charge is -2.10. The van der Waals surface area contributed by atoms with Gasteiger partial charge >= 0.3 is 6.18 Å². The molecule has 0 aromatic heterocycles. The van der Waals surface area contributed by atoms with E-state index in [0.29, 0.717) is 17.1 Å². The molecular formula is C19H16ClF3N2O2. The maximum Gasteiger partial charge on any atom is 0.416 e. The van der Waals surface area contributed by atoms with E-state index < -0.39 is 29.5 Å². The predicted molar refractivity (Wildman–Crippen MR) is 96.5 cm³/mol. The summed E-state index contributed by atoms with van der Waals surface area (Å²) in [5.74, 6) is -1.66. The molecule has 142 valence electrons. The van der Waals surface area contributed by atoms with Gasteiger partial charge in [0.25, 0.3) is 0 Å².